The Hall–Kier alpha value is -3.61. The molecule has 0 heterocycles. The van der Waals surface area contributed by atoms with Gasteiger partial charge in [0.2, 0.25) is 5.75 Å². The summed E-state index contributed by atoms with van der Waals surface area (Å²) in [6.07, 6.45) is -0.0577. The van der Waals surface area contributed by atoms with E-state index in [4.69, 9.17) is 9.47 Å². The molecule has 0 aliphatic carbocycles. The molecule has 29 heavy (non-hydrogen) atoms. The number of phenols is 1. The summed E-state index contributed by atoms with van der Waals surface area (Å²) in [5.41, 5.74) is -1.90. The Morgan fingerprint density at radius 2 is 1.90 bits per heavy atom. The van der Waals surface area contributed by atoms with Crippen molar-refractivity contribution in [1.82, 2.24) is 4.90 Å². The lowest BCUT2D eigenvalue weighted by molar-refractivity contribution is -0.385. The van der Waals surface area contributed by atoms with Crippen LogP contribution in [0.1, 0.15) is 40.2 Å². The fraction of sp³-hybridized carbons (Fsp3) is 0.421. The fourth-order valence-electron chi connectivity index (χ4n) is 2.26. The number of phenolic OH excluding ortho intramolecular Hbond substituents is 1. The van der Waals surface area contributed by atoms with Crippen LogP contribution < -0.4 is 4.74 Å². The van der Waals surface area contributed by atoms with Crippen molar-refractivity contribution in [2.45, 2.75) is 40.2 Å². The Balaban J connectivity index is 3.43. The molecule has 156 valence electrons. The van der Waals surface area contributed by atoms with Crippen LogP contribution in [0.5, 0.6) is 11.5 Å². The number of nitro benzene ring substituents is 1. The summed E-state index contributed by atoms with van der Waals surface area (Å²) in [7, 11) is 0. The van der Waals surface area contributed by atoms with Gasteiger partial charge in [-0.15, -0.1) is 0 Å². The van der Waals surface area contributed by atoms with Crippen molar-refractivity contribution in [2.75, 3.05) is 13.1 Å². The van der Waals surface area contributed by atoms with E-state index in [1.54, 1.807) is 40.7 Å². The third kappa shape index (κ3) is 6.49. The molecule has 0 fully saturated rings. The second-order valence-corrected chi connectivity index (χ2v) is 6.86. The first kappa shape index (κ1) is 23.4. The van der Waals surface area contributed by atoms with Gasteiger partial charge < -0.3 is 19.5 Å². The Bertz CT molecular complexity index is 875. The maximum atomic E-state index is 12.4. The highest BCUT2D eigenvalue weighted by atomic mass is 16.7. The number of rotatable bonds is 6. The molecular weight excluding hydrogens is 382 g/mol. The number of carbonyl (C=O) groups is 2. The highest BCUT2D eigenvalue weighted by molar-refractivity contribution is 6.01. The minimum absolute atomic E-state index is 0.0186. The molecule has 1 amide bonds. The molecule has 0 saturated carbocycles. The fourth-order valence-corrected chi connectivity index (χ4v) is 2.26. The highest BCUT2D eigenvalue weighted by Crippen LogP contribution is 2.38. The average molecular weight is 405 g/mol. The number of amides is 1. The predicted octanol–water partition coefficient (Wildman–Crippen LogP) is 3.39. The van der Waals surface area contributed by atoms with Gasteiger partial charge in [0.25, 0.3) is 5.91 Å². The van der Waals surface area contributed by atoms with Gasteiger partial charge in [0.05, 0.1) is 4.92 Å². The van der Waals surface area contributed by atoms with Crippen molar-refractivity contribution in [3.63, 3.8) is 0 Å². The van der Waals surface area contributed by atoms with Gasteiger partial charge in [0.1, 0.15) is 17.2 Å². The number of nitro groups is 1. The Morgan fingerprint density at radius 3 is 2.34 bits per heavy atom. The predicted molar refractivity (Wildman–Crippen MR) is 103 cm³/mol. The van der Waals surface area contributed by atoms with E-state index in [0.29, 0.717) is 13.1 Å². The van der Waals surface area contributed by atoms with Gasteiger partial charge in [-0.05, 0) is 52.3 Å². The first-order chi connectivity index (χ1) is 13.4. The third-order valence-electron chi connectivity index (χ3n) is 3.57. The number of likely N-dealkylation sites (N-methyl/N-ethyl adjacent to an activating group) is 1. The standard InChI is InChI=1S/C19H23N3O7/c1-6-21(7-2)17(24)13(11-20)8-12-9-14(22(26)27)16(23)15(10-12)28-18(25)29-19(3,4)5/h8-10,23H,6-7H2,1-5H3/b13-8+. The molecule has 0 atom stereocenters. The SMILES string of the molecule is CCN(CC)C(=O)/C(C#N)=C/c1cc(OC(=O)OC(C)(C)C)c(O)c([N+](=O)[O-])c1. The molecule has 0 bridgehead atoms. The van der Waals surface area contributed by atoms with Gasteiger partial charge >= 0.3 is 11.8 Å². The Morgan fingerprint density at radius 1 is 1.31 bits per heavy atom. The molecule has 0 aromatic heterocycles. The number of carbonyl (C=O) groups excluding carboxylic acids is 2. The van der Waals surface area contributed by atoms with Crippen LogP contribution in [0.2, 0.25) is 0 Å². The summed E-state index contributed by atoms with van der Waals surface area (Å²) in [6, 6.07) is 3.82. The van der Waals surface area contributed by atoms with Crippen LogP contribution in [-0.2, 0) is 9.53 Å². The van der Waals surface area contributed by atoms with Gasteiger partial charge in [0, 0.05) is 19.2 Å². The molecule has 10 heteroatoms. The van der Waals surface area contributed by atoms with E-state index in [1.165, 1.54) is 4.90 Å². The van der Waals surface area contributed by atoms with Gasteiger partial charge in [-0.25, -0.2) is 4.79 Å². The second kappa shape index (κ2) is 9.54. The van der Waals surface area contributed by atoms with Crippen molar-refractivity contribution < 1.29 is 29.1 Å². The zero-order chi connectivity index (χ0) is 22.4. The van der Waals surface area contributed by atoms with Crippen LogP contribution >= 0.6 is 0 Å². The van der Waals surface area contributed by atoms with Crippen molar-refractivity contribution in [3.05, 3.63) is 33.4 Å². The monoisotopic (exact) mass is 405 g/mol. The molecule has 0 aliphatic rings. The highest BCUT2D eigenvalue weighted by Gasteiger charge is 2.25. The van der Waals surface area contributed by atoms with Crippen LogP contribution in [0.15, 0.2) is 17.7 Å². The van der Waals surface area contributed by atoms with E-state index >= 15 is 0 Å². The van der Waals surface area contributed by atoms with E-state index in [-0.39, 0.29) is 11.1 Å². The van der Waals surface area contributed by atoms with E-state index in [9.17, 15) is 30.1 Å². The number of hydrogen-bond donors (Lipinski definition) is 1. The largest absolute Gasteiger partial charge is 0.514 e. The number of ether oxygens (including phenoxy) is 2. The van der Waals surface area contributed by atoms with E-state index in [2.05, 4.69) is 0 Å². The molecule has 1 aromatic rings. The average Bonchev–Trinajstić information content (AvgIpc) is 2.60. The molecule has 0 aliphatic heterocycles. The van der Waals surface area contributed by atoms with Crippen LogP contribution in [-0.4, -0.2) is 45.7 Å². The van der Waals surface area contributed by atoms with Crippen LogP contribution in [0.3, 0.4) is 0 Å². The molecule has 0 radical (unpaired) electrons. The maximum Gasteiger partial charge on any atom is 0.514 e. The minimum atomic E-state index is -1.18. The number of hydrogen-bond acceptors (Lipinski definition) is 8. The quantitative estimate of drug-likeness (QED) is 0.189. The number of benzene rings is 1. The summed E-state index contributed by atoms with van der Waals surface area (Å²) in [6.45, 7) is 9.01. The van der Waals surface area contributed by atoms with Crippen LogP contribution in [0.25, 0.3) is 6.08 Å². The topological polar surface area (TPSA) is 143 Å². The summed E-state index contributed by atoms with van der Waals surface area (Å²) in [5, 5.41) is 30.6. The smallest absolute Gasteiger partial charge is 0.499 e. The second-order valence-electron chi connectivity index (χ2n) is 6.86. The first-order valence-corrected chi connectivity index (χ1v) is 8.76. The van der Waals surface area contributed by atoms with E-state index in [0.717, 1.165) is 18.2 Å². The molecular formula is C19H23N3O7. The van der Waals surface area contributed by atoms with Gasteiger partial charge in [-0.1, -0.05) is 0 Å². The van der Waals surface area contributed by atoms with Crippen LogP contribution in [0.4, 0.5) is 10.5 Å². The Kier molecular flexibility index (Phi) is 7.71. The molecule has 1 aromatic carbocycles. The number of aromatic hydroxyl groups is 1. The van der Waals surface area contributed by atoms with E-state index in [1.807, 2.05) is 0 Å². The number of nitriles is 1. The van der Waals surface area contributed by atoms with Crippen molar-refractivity contribution >= 4 is 23.8 Å². The van der Waals surface area contributed by atoms with Gasteiger partial charge in [-0.3, -0.25) is 14.9 Å². The normalized spacial score (nSPS) is 11.4. The molecule has 1 rings (SSSR count). The summed E-state index contributed by atoms with van der Waals surface area (Å²) in [5.74, 6) is -1.97. The summed E-state index contributed by atoms with van der Waals surface area (Å²) in [4.78, 5) is 36.0. The molecule has 0 spiro atoms. The van der Waals surface area contributed by atoms with Gasteiger partial charge in [0.15, 0.2) is 5.75 Å². The lowest BCUT2D eigenvalue weighted by Gasteiger charge is -2.19. The number of nitrogens with zero attached hydrogens (tertiary/aromatic N) is 3. The van der Waals surface area contributed by atoms with Crippen LogP contribution in [0, 0.1) is 21.4 Å². The molecule has 0 saturated heterocycles. The molecule has 10 nitrogen and oxygen atoms in total. The lowest BCUT2D eigenvalue weighted by Crippen LogP contribution is -2.31. The minimum Gasteiger partial charge on any atom is -0.499 e. The van der Waals surface area contributed by atoms with E-state index < -0.39 is 39.8 Å². The Labute approximate surface area is 168 Å². The third-order valence-corrected chi connectivity index (χ3v) is 3.57. The molecule has 0 unspecified atom stereocenters. The summed E-state index contributed by atoms with van der Waals surface area (Å²) >= 11 is 0. The first-order valence-electron chi connectivity index (χ1n) is 8.76. The van der Waals surface area contributed by atoms with Crippen molar-refractivity contribution in [2.24, 2.45) is 0 Å². The zero-order valence-electron chi connectivity index (χ0n) is 16.9. The maximum absolute atomic E-state index is 12.4. The molecule has 1 N–H and O–H groups in total. The lowest BCUT2D eigenvalue weighted by atomic mass is 10.1. The van der Waals surface area contributed by atoms with Gasteiger partial charge in [-0.2, -0.15) is 5.26 Å². The van der Waals surface area contributed by atoms with Crippen molar-refractivity contribution in [3.8, 4) is 17.6 Å². The zero-order valence-corrected chi connectivity index (χ0v) is 16.9. The van der Waals surface area contributed by atoms with Crippen molar-refractivity contribution in [1.29, 1.82) is 5.26 Å². The summed E-state index contributed by atoms with van der Waals surface area (Å²) < 4.78 is 9.86.